The first kappa shape index (κ1) is 13.6. The molecule has 0 radical (unpaired) electrons. The number of nitrogens with zero attached hydrogens (tertiary/aromatic N) is 1. The average molecular weight is 250 g/mol. The third-order valence-electron chi connectivity index (χ3n) is 3.86. The maximum atomic E-state index is 5.84. The van der Waals surface area contributed by atoms with Gasteiger partial charge in [0, 0.05) is 0 Å². The molecule has 1 aliphatic rings. The molecule has 0 saturated carbocycles. The van der Waals surface area contributed by atoms with Gasteiger partial charge in [0.1, 0.15) is 11.5 Å². The summed E-state index contributed by atoms with van der Waals surface area (Å²) < 4.78 is 5.84. The van der Waals surface area contributed by atoms with Crippen LogP contribution in [0, 0.1) is 5.41 Å². The van der Waals surface area contributed by atoms with E-state index in [2.05, 4.69) is 43.1 Å². The fourth-order valence-corrected chi connectivity index (χ4v) is 2.39. The van der Waals surface area contributed by atoms with Crippen molar-refractivity contribution in [3.63, 3.8) is 0 Å². The zero-order valence-corrected chi connectivity index (χ0v) is 12.0. The van der Waals surface area contributed by atoms with Gasteiger partial charge in [-0.05, 0) is 50.0 Å². The molecule has 1 fully saturated rings. The van der Waals surface area contributed by atoms with Gasteiger partial charge in [-0.3, -0.25) is 4.90 Å². The molecular formula is C15H26N2O. The fraction of sp³-hybridized carbons (Fsp3) is 0.733. The van der Waals surface area contributed by atoms with Crippen LogP contribution < -0.4 is 5.32 Å². The summed E-state index contributed by atoms with van der Waals surface area (Å²) in [6.07, 6.45) is 2.58. The lowest BCUT2D eigenvalue weighted by Gasteiger charge is -2.36. The van der Waals surface area contributed by atoms with Crippen molar-refractivity contribution in [3.8, 4) is 0 Å². The Morgan fingerprint density at radius 1 is 1.22 bits per heavy atom. The van der Waals surface area contributed by atoms with Crippen molar-refractivity contribution < 1.29 is 4.42 Å². The summed E-state index contributed by atoms with van der Waals surface area (Å²) in [5.41, 5.74) is 0.524. The van der Waals surface area contributed by atoms with Crippen LogP contribution in [0.5, 0.6) is 0 Å². The molecule has 102 valence electrons. The van der Waals surface area contributed by atoms with E-state index in [0.29, 0.717) is 5.41 Å². The van der Waals surface area contributed by atoms with Crippen LogP contribution in [0.4, 0.5) is 0 Å². The predicted molar refractivity (Wildman–Crippen MR) is 74.4 cm³/mol. The van der Waals surface area contributed by atoms with Gasteiger partial charge in [0.15, 0.2) is 0 Å². The van der Waals surface area contributed by atoms with E-state index in [4.69, 9.17) is 4.42 Å². The maximum absolute atomic E-state index is 5.84. The Kier molecular flexibility index (Phi) is 4.46. The minimum Gasteiger partial charge on any atom is -0.463 e. The van der Waals surface area contributed by atoms with E-state index < -0.39 is 0 Å². The number of piperidine rings is 1. The van der Waals surface area contributed by atoms with Gasteiger partial charge in [-0.1, -0.05) is 20.8 Å². The van der Waals surface area contributed by atoms with Gasteiger partial charge in [-0.25, -0.2) is 0 Å². The van der Waals surface area contributed by atoms with E-state index in [-0.39, 0.29) is 0 Å². The third-order valence-corrected chi connectivity index (χ3v) is 3.86. The van der Waals surface area contributed by atoms with E-state index in [1.165, 1.54) is 25.9 Å². The number of rotatable bonds is 5. The van der Waals surface area contributed by atoms with Crippen LogP contribution in [-0.4, -0.2) is 24.5 Å². The second-order valence-corrected chi connectivity index (χ2v) is 6.09. The molecule has 2 rings (SSSR count). The largest absolute Gasteiger partial charge is 0.463 e. The summed E-state index contributed by atoms with van der Waals surface area (Å²) in [4.78, 5) is 2.50. The van der Waals surface area contributed by atoms with Crippen LogP contribution in [0.3, 0.4) is 0 Å². The first-order chi connectivity index (χ1) is 8.59. The summed E-state index contributed by atoms with van der Waals surface area (Å²) >= 11 is 0. The fourth-order valence-electron chi connectivity index (χ4n) is 2.39. The molecule has 1 N–H and O–H groups in total. The molecule has 1 aliphatic heterocycles. The van der Waals surface area contributed by atoms with Gasteiger partial charge in [-0.2, -0.15) is 0 Å². The zero-order valence-electron chi connectivity index (χ0n) is 12.0. The molecule has 2 heterocycles. The minimum absolute atomic E-state index is 0.524. The van der Waals surface area contributed by atoms with Gasteiger partial charge in [-0.15, -0.1) is 0 Å². The van der Waals surface area contributed by atoms with E-state index in [1.54, 1.807) is 0 Å². The Hall–Kier alpha value is -0.800. The molecule has 0 aromatic carbocycles. The van der Waals surface area contributed by atoms with E-state index in [0.717, 1.165) is 31.2 Å². The van der Waals surface area contributed by atoms with Crippen molar-refractivity contribution >= 4 is 0 Å². The topological polar surface area (TPSA) is 28.4 Å². The number of likely N-dealkylation sites (tertiary alicyclic amines) is 1. The van der Waals surface area contributed by atoms with E-state index >= 15 is 0 Å². The van der Waals surface area contributed by atoms with Crippen LogP contribution in [0.15, 0.2) is 16.5 Å². The van der Waals surface area contributed by atoms with Gasteiger partial charge >= 0.3 is 0 Å². The SMILES string of the molecule is CCNCc1ccc(CN2CCC(C)(C)CC2)o1. The molecule has 3 heteroatoms. The molecule has 1 saturated heterocycles. The van der Waals surface area contributed by atoms with Gasteiger partial charge in [0.05, 0.1) is 13.1 Å². The van der Waals surface area contributed by atoms with Crippen molar-refractivity contribution in [1.82, 2.24) is 10.2 Å². The molecule has 0 bridgehead atoms. The second kappa shape index (κ2) is 5.89. The standard InChI is InChI=1S/C15H26N2O/c1-4-16-11-13-5-6-14(18-13)12-17-9-7-15(2,3)8-10-17/h5-6,16H,4,7-12H2,1-3H3. The van der Waals surface area contributed by atoms with Crippen LogP contribution in [0.25, 0.3) is 0 Å². The molecule has 0 spiro atoms. The molecule has 0 amide bonds. The predicted octanol–water partition coefficient (Wildman–Crippen LogP) is 3.01. The molecule has 1 aromatic heterocycles. The molecule has 3 nitrogen and oxygen atoms in total. The van der Waals surface area contributed by atoms with Crippen LogP contribution in [0.2, 0.25) is 0 Å². The summed E-state index contributed by atoms with van der Waals surface area (Å²) in [5, 5.41) is 3.28. The average Bonchev–Trinajstić information content (AvgIpc) is 2.77. The summed E-state index contributed by atoms with van der Waals surface area (Å²) in [5.74, 6) is 2.15. The first-order valence-electron chi connectivity index (χ1n) is 7.10. The molecular weight excluding hydrogens is 224 g/mol. The number of hydrogen-bond acceptors (Lipinski definition) is 3. The molecule has 0 atom stereocenters. The van der Waals surface area contributed by atoms with Crippen LogP contribution in [0.1, 0.15) is 45.1 Å². The highest BCUT2D eigenvalue weighted by molar-refractivity contribution is 5.07. The van der Waals surface area contributed by atoms with Gasteiger partial charge in [0.2, 0.25) is 0 Å². The Labute approximate surface area is 111 Å². The van der Waals surface area contributed by atoms with Gasteiger partial charge in [0.25, 0.3) is 0 Å². The van der Waals surface area contributed by atoms with Crippen LogP contribution in [-0.2, 0) is 13.1 Å². The normalized spacial score (nSPS) is 20.2. The zero-order chi connectivity index (χ0) is 13.0. The quantitative estimate of drug-likeness (QED) is 0.871. The molecule has 0 unspecified atom stereocenters. The lowest BCUT2D eigenvalue weighted by Crippen LogP contribution is -2.36. The smallest absolute Gasteiger partial charge is 0.118 e. The monoisotopic (exact) mass is 250 g/mol. The van der Waals surface area contributed by atoms with Crippen molar-refractivity contribution in [2.45, 2.75) is 46.7 Å². The van der Waals surface area contributed by atoms with Crippen molar-refractivity contribution in [2.75, 3.05) is 19.6 Å². The highest BCUT2D eigenvalue weighted by Crippen LogP contribution is 2.30. The second-order valence-electron chi connectivity index (χ2n) is 6.09. The molecule has 0 aliphatic carbocycles. The highest BCUT2D eigenvalue weighted by Gasteiger charge is 2.25. The molecule has 1 aromatic rings. The number of nitrogens with one attached hydrogen (secondary N) is 1. The Balaban J connectivity index is 1.81. The molecule has 18 heavy (non-hydrogen) atoms. The lowest BCUT2D eigenvalue weighted by molar-refractivity contribution is 0.119. The van der Waals surface area contributed by atoms with Crippen molar-refractivity contribution in [1.29, 1.82) is 0 Å². The number of furan rings is 1. The van der Waals surface area contributed by atoms with E-state index in [9.17, 15) is 0 Å². The third kappa shape index (κ3) is 3.85. The maximum Gasteiger partial charge on any atom is 0.118 e. The van der Waals surface area contributed by atoms with Gasteiger partial charge < -0.3 is 9.73 Å². The summed E-state index contributed by atoms with van der Waals surface area (Å²) in [7, 11) is 0. The number of hydrogen-bond donors (Lipinski definition) is 1. The highest BCUT2D eigenvalue weighted by atomic mass is 16.3. The summed E-state index contributed by atoms with van der Waals surface area (Å²) in [6.45, 7) is 12.0. The van der Waals surface area contributed by atoms with Crippen molar-refractivity contribution in [2.24, 2.45) is 5.41 Å². The first-order valence-corrected chi connectivity index (χ1v) is 7.10. The summed E-state index contributed by atoms with van der Waals surface area (Å²) in [6, 6.07) is 4.21. The van der Waals surface area contributed by atoms with Crippen LogP contribution >= 0.6 is 0 Å². The van der Waals surface area contributed by atoms with Crippen molar-refractivity contribution in [3.05, 3.63) is 23.7 Å². The van der Waals surface area contributed by atoms with E-state index in [1.807, 2.05) is 0 Å². The Bertz CT molecular complexity index is 360. The Morgan fingerprint density at radius 2 is 1.89 bits per heavy atom. The minimum atomic E-state index is 0.524. The lowest BCUT2D eigenvalue weighted by atomic mass is 9.83. The Morgan fingerprint density at radius 3 is 2.56 bits per heavy atom.